The van der Waals surface area contributed by atoms with Crippen LogP contribution in [0.15, 0.2) is 23.4 Å². The fourth-order valence-corrected chi connectivity index (χ4v) is 1.99. The molecule has 6 nitrogen and oxygen atoms in total. The van der Waals surface area contributed by atoms with Gasteiger partial charge in [0.05, 0.1) is 31.5 Å². The van der Waals surface area contributed by atoms with Crippen molar-refractivity contribution in [1.82, 2.24) is 5.32 Å². The van der Waals surface area contributed by atoms with E-state index < -0.39 is 5.82 Å². The van der Waals surface area contributed by atoms with Crippen LogP contribution in [0.4, 0.5) is 4.39 Å². The van der Waals surface area contributed by atoms with Crippen molar-refractivity contribution in [3.63, 3.8) is 0 Å². The Hall–Kier alpha value is -1.70. The Labute approximate surface area is 116 Å². The van der Waals surface area contributed by atoms with E-state index in [4.69, 9.17) is 20.4 Å². The Morgan fingerprint density at radius 2 is 2.35 bits per heavy atom. The van der Waals surface area contributed by atoms with Gasteiger partial charge in [-0.05, 0) is 6.07 Å². The summed E-state index contributed by atoms with van der Waals surface area (Å²) in [6, 6.07) is 4.77. The highest BCUT2D eigenvalue weighted by molar-refractivity contribution is 5.97. The maximum absolute atomic E-state index is 14.1. The third-order valence-corrected chi connectivity index (χ3v) is 3.03. The molecule has 1 aromatic rings. The predicted octanol–water partition coefficient (Wildman–Crippen LogP) is 0.425. The minimum Gasteiger partial charge on any atom is -0.409 e. The van der Waals surface area contributed by atoms with Gasteiger partial charge in [0.15, 0.2) is 5.84 Å². The summed E-state index contributed by atoms with van der Waals surface area (Å²) < 4.78 is 24.9. The quantitative estimate of drug-likeness (QED) is 0.315. The molecule has 4 N–H and O–H groups in total. The average Bonchev–Trinajstić information content (AvgIpc) is 2.49. The monoisotopic (exact) mass is 283 g/mol. The zero-order valence-corrected chi connectivity index (χ0v) is 11.0. The molecule has 1 atom stereocenters. The molecule has 1 heterocycles. The molecule has 0 aliphatic carbocycles. The second-order valence-electron chi connectivity index (χ2n) is 4.46. The highest BCUT2D eigenvalue weighted by atomic mass is 19.1. The van der Waals surface area contributed by atoms with Crippen molar-refractivity contribution in [2.45, 2.75) is 12.6 Å². The van der Waals surface area contributed by atoms with Gasteiger partial charge in [-0.25, -0.2) is 4.39 Å². The standard InChI is InChI=1S/C13H18FN3O3/c14-12-9(2-1-3-11(12)13(15)17-18)6-16-7-10-8-19-4-5-20-10/h1-3,10,16,18H,4-8H2,(H2,15,17). The number of nitrogens with two attached hydrogens (primary N) is 1. The number of ether oxygens (including phenoxy) is 2. The van der Waals surface area contributed by atoms with E-state index in [2.05, 4.69) is 10.5 Å². The average molecular weight is 283 g/mol. The van der Waals surface area contributed by atoms with Crippen molar-refractivity contribution in [3.8, 4) is 0 Å². The number of nitrogens with one attached hydrogen (secondary N) is 1. The molecular formula is C13H18FN3O3. The Kier molecular flexibility index (Phi) is 5.28. The van der Waals surface area contributed by atoms with E-state index in [-0.39, 0.29) is 17.5 Å². The molecule has 1 fully saturated rings. The molecule has 20 heavy (non-hydrogen) atoms. The Balaban J connectivity index is 1.92. The highest BCUT2D eigenvalue weighted by Crippen LogP contribution is 2.13. The van der Waals surface area contributed by atoms with Crippen molar-refractivity contribution in [2.75, 3.05) is 26.4 Å². The van der Waals surface area contributed by atoms with E-state index in [1.165, 1.54) is 6.07 Å². The van der Waals surface area contributed by atoms with Crippen LogP contribution in [0.3, 0.4) is 0 Å². The van der Waals surface area contributed by atoms with Gasteiger partial charge in [0.1, 0.15) is 5.82 Å². The molecule has 1 saturated heterocycles. The fourth-order valence-electron chi connectivity index (χ4n) is 1.99. The number of nitrogens with zero attached hydrogens (tertiary/aromatic N) is 1. The molecule has 2 rings (SSSR count). The topological polar surface area (TPSA) is 89.1 Å². The van der Waals surface area contributed by atoms with Crippen LogP contribution >= 0.6 is 0 Å². The molecule has 7 heteroatoms. The molecule has 0 radical (unpaired) electrons. The number of hydrogen-bond donors (Lipinski definition) is 3. The maximum Gasteiger partial charge on any atom is 0.173 e. The SMILES string of the molecule is N/C(=N/O)c1cccc(CNCC2COCCO2)c1F. The van der Waals surface area contributed by atoms with Gasteiger partial charge in [-0.15, -0.1) is 0 Å². The molecule has 0 amide bonds. The molecule has 0 spiro atoms. The first-order chi connectivity index (χ1) is 9.72. The lowest BCUT2D eigenvalue weighted by Crippen LogP contribution is -2.37. The second-order valence-corrected chi connectivity index (χ2v) is 4.46. The molecule has 110 valence electrons. The first-order valence-corrected chi connectivity index (χ1v) is 6.37. The summed E-state index contributed by atoms with van der Waals surface area (Å²) in [5, 5.41) is 14.5. The number of oxime groups is 1. The molecule has 1 aliphatic heterocycles. The van der Waals surface area contributed by atoms with Crippen LogP contribution in [-0.2, 0) is 16.0 Å². The third kappa shape index (κ3) is 3.66. The fraction of sp³-hybridized carbons (Fsp3) is 0.462. The number of hydrogen-bond acceptors (Lipinski definition) is 5. The van der Waals surface area contributed by atoms with E-state index in [0.717, 1.165) is 0 Å². The van der Waals surface area contributed by atoms with E-state index in [9.17, 15) is 4.39 Å². The molecule has 1 unspecified atom stereocenters. The van der Waals surface area contributed by atoms with Crippen LogP contribution in [-0.4, -0.2) is 43.5 Å². The van der Waals surface area contributed by atoms with Gasteiger partial charge < -0.3 is 25.7 Å². The number of halogens is 1. The highest BCUT2D eigenvalue weighted by Gasteiger charge is 2.15. The predicted molar refractivity (Wildman–Crippen MR) is 71.2 cm³/mol. The lowest BCUT2D eigenvalue weighted by molar-refractivity contribution is -0.0864. The first kappa shape index (κ1) is 14.7. The van der Waals surface area contributed by atoms with Crippen LogP contribution in [0.2, 0.25) is 0 Å². The second kappa shape index (κ2) is 7.18. The van der Waals surface area contributed by atoms with Crippen LogP contribution in [0.1, 0.15) is 11.1 Å². The smallest absolute Gasteiger partial charge is 0.173 e. The van der Waals surface area contributed by atoms with Crippen LogP contribution in [0.5, 0.6) is 0 Å². The van der Waals surface area contributed by atoms with E-state index in [1.54, 1.807) is 12.1 Å². The molecule has 0 bridgehead atoms. The van der Waals surface area contributed by atoms with E-state index in [0.29, 0.717) is 38.5 Å². The molecular weight excluding hydrogens is 265 g/mol. The Bertz CT molecular complexity index is 476. The lowest BCUT2D eigenvalue weighted by Gasteiger charge is -2.23. The third-order valence-electron chi connectivity index (χ3n) is 3.03. The van der Waals surface area contributed by atoms with E-state index in [1.807, 2.05) is 0 Å². The van der Waals surface area contributed by atoms with Crippen LogP contribution < -0.4 is 11.1 Å². The minimum atomic E-state index is -0.490. The number of amidine groups is 1. The molecule has 1 aliphatic rings. The van der Waals surface area contributed by atoms with Crippen molar-refractivity contribution >= 4 is 5.84 Å². The summed E-state index contributed by atoms with van der Waals surface area (Å²) in [6.45, 7) is 2.65. The van der Waals surface area contributed by atoms with Crippen molar-refractivity contribution in [3.05, 3.63) is 35.1 Å². The largest absolute Gasteiger partial charge is 0.409 e. The summed E-state index contributed by atoms with van der Waals surface area (Å²) in [7, 11) is 0. The van der Waals surface area contributed by atoms with Crippen LogP contribution in [0.25, 0.3) is 0 Å². The van der Waals surface area contributed by atoms with E-state index >= 15 is 0 Å². The summed E-state index contributed by atoms with van der Waals surface area (Å²) in [5.74, 6) is -0.732. The minimum absolute atomic E-state index is 0.0148. The zero-order chi connectivity index (χ0) is 14.4. The van der Waals surface area contributed by atoms with Gasteiger partial charge in [-0.3, -0.25) is 0 Å². The normalized spacial score (nSPS) is 20.1. The summed E-state index contributed by atoms with van der Waals surface area (Å²) in [6.07, 6.45) is -0.0148. The first-order valence-electron chi connectivity index (χ1n) is 6.37. The zero-order valence-electron chi connectivity index (χ0n) is 11.0. The summed E-state index contributed by atoms with van der Waals surface area (Å²) in [5.41, 5.74) is 5.95. The molecule has 1 aromatic carbocycles. The molecule has 0 aromatic heterocycles. The maximum atomic E-state index is 14.1. The lowest BCUT2D eigenvalue weighted by atomic mass is 10.1. The number of benzene rings is 1. The van der Waals surface area contributed by atoms with Crippen molar-refractivity contribution in [1.29, 1.82) is 0 Å². The van der Waals surface area contributed by atoms with Gasteiger partial charge in [-0.2, -0.15) is 0 Å². The van der Waals surface area contributed by atoms with Gasteiger partial charge >= 0.3 is 0 Å². The van der Waals surface area contributed by atoms with Gasteiger partial charge in [0, 0.05) is 18.7 Å². The van der Waals surface area contributed by atoms with Crippen LogP contribution in [0, 0.1) is 5.82 Å². The Morgan fingerprint density at radius 1 is 1.50 bits per heavy atom. The summed E-state index contributed by atoms with van der Waals surface area (Å²) in [4.78, 5) is 0. The van der Waals surface area contributed by atoms with Crippen molar-refractivity contribution < 1.29 is 19.1 Å². The van der Waals surface area contributed by atoms with Crippen molar-refractivity contribution in [2.24, 2.45) is 10.9 Å². The number of rotatable bonds is 5. The van der Waals surface area contributed by atoms with Gasteiger partial charge in [0.2, 0.25) is 0 Å². The Morgan fingerprint density at radius 3 is 3.05 bits per heavy atom. The van der Waals surface area contributed by atoms with Gasteiger partial charge in [0.25, 0.3) is 0 Å². The van der Waals surface area contributed by atoms with Gasteiger partial charge in [-0.1, -0.05) is 17.3 Å². The molecule has 0 saturated carbocycles. The summed E-state index contributed by atoms with van der Waals surface area (Å²) >= 11 is 0.